The van der Waals surface area contributed by atoms with Gasteiger partial charge >= 0.3 is 0 Å². The van der Waals surface area contributed by atoms with Crippen LogP contribution in [0.1, 0.15) is 24.0 Å². The molecule has 0 saturated heterocycles. The zero-order chi connectivity index (χ0) is 15.2. The highest BCUT2D eigenvalue weighted by Gasteiger charge is 2.49. The molecule has 0 fully saturated rings. The van der Waals surface area contributed by atoms with E-state index in [2.05, 4.69) is 15.9 Å². The molecule has 2 aromatic carbocycles. The maximum Gasteiger partial charge on any atom is 0.195 e. The molecule has 0 aliphatic carbocycles. The Balaban J connectivity index is 2.21. The summed E-state index contributed by atoms with van der Waals surface area (Å²) >= 11 is 9.25. The molecule has 2 aromatic rings. The second-order valence-corrected chi connectivity index (χ2v) is 6.17. The van der Waals surface area contributed by atoms with Crippen molar-refractivity contribution in [1.82, 2.24) is 0 Å². The Kier molecular flexibility index (Phi) is 3.54. The van der Waals surface area contributed by atoms with Gasteiger partial charge in [0.2, 0.25) is 0 Å². The van der Waals surface area contributed by atoms with Crippen LogP contribution in [0.2, 0.25) is 5.02 Å². The van der Waals surface area contributed by atoms with Crippen molar-refractivity contribution in [2.45, 2.75) is 18.4 Å². The molecule has 1 heterocycles. The van der Waals surface area contributed by atoms with E-state index in [1.165, 1.54) is 6.07 Å². The minimum absolute atomic E-state index is 0.000962. The van der Waals surface area contributed by atoms with E-state index in [1.54, 1.807) is 0 Å². The van der Waals surface area contributed by atoms with Gasteiger partial charge in [0.15, 0.2) is 11.9 Å². The Morgan fingerprint density at radius 3 is 2.67 bits per heavy atom. The van der Waals surface area contributed by atoms with Gasteiger partial charge in [-0.15, -0.1) is 0 Å². The minimum atomic E-state index is -1.16. The van der Waals surface area contributed by atoms with Crippen molar-refractivity contribution < 1.29 is 13.9 Å². The molecule has 0 bridgehead atoms. The van der Waals surface area contributed by atoms with Crippen molar-refractivity contribution >= 4 is 33.8 Å². The summed E-state index contributed by atoms with van der Waals surface area (Å²) in [6.07, 6.45) is 0.769. The van der Waals surface area contributed by atoms with E-state index < -0.39 is 11.4 Å². The SMILES string of the molecule is C[C@H]1c2c(cc(F)c(Cl)c2Br)O[C@]1(C=O)c1ccccc1. The van der Waals surface area contributed by atoms with Gasteiger partial charge in [-0.25, -0.2) is 4.39 Å². The number of benzene rings is 2. The van der Waals surface area contributed by atoms with Crippen LogP contribution < -0.4 is 4.74 Å². The lowest BCUT2D eigenvalue weighted by Gasteiger charge is -2.27. The molecule has 108 valence electrons. The molecule has 1 aliphatic heterocycles. The molecule has 0 N–H and O–H groups in total. The summed E-state index contributed by atoms with van der Waals surface area (Å²) in [6.45, 7) is 1.87. The molecular weight excluding hydrogens is 359 g/mol. The van der Waals surface area contributed by atoms with Crippen molar-refractivity contribution in [3.8, 4) is 5.75 Å². The van der Waals surface area contributed by atoms with E-state index in [0.717, 1.165) is 11.8 Å². The fraction of sp³-hybridized carbons (Fsp3) is 0.188. The number of carbonyl (C=O) groups excluding carboxylic acids is 1. The van der Waals surface area contributed by atoms with Crippen molar-refractivity contribution in [2.24, 2.45) is 0 Å². The summed E-state index contributed by atoms with van der Waals surface area (Å²) in [4.78, 5) is 11.8. The third-order valence-electron chi connectivity index (χ3n) is 3.92. The van der Waals surface area contributed by atoms with E-state index in [9.17, 15) is 9.18 Å². The quantitative estimate of drug-likeness (QED) is 0.560. The fourth-order valence-corrected chi connectivity index (χ4v) is 3.65. The van der Waals surface area contributed by atoms with Crippen molar-refractivity contribution in [3.63, 3.8) is 0 Å². The summed E-state index contributed by atoms with van der Waals surface area (Å²) in [5.41, 5.74) is 0.271. The second kappa shape index (κ2) is 5.11. The number of fused-ring (bicyclic) bond motifs is 1. The van der Waals surface area contributed by atoms with Gasteiger partial charge in [-0.1, -0.05) is 48.9 Å². The van der Waals surface area contributed by atoms with Crippen LogP contribution in [0.3, 0.4) is 0 Å². The fourth-order valence-electron chi connectivity index (χ4n) is 2.76. The molecule has 0 radical (unpaired) electrons. The first-order valence-corrected chi connectivity index (χ1v) is 7.56. The Morgan fingerprint density at radius 2 is 2.05 bits per heavy atom. The zero-order valence-electron chi connectivity index (χ0n) is 11.1. The van der Waals surface area contributed by atoms with Crippen LogP contribution in [0.5, 0.6) is 5.75 Å². The van der Waals surface area contributed by atoms with Crippen LogP contribution in [0.25, 0.3) is 0 Å². The van der Waals surface area contributed by atoms with Crippen molar-refractivity contribution in [2.75, 3.05) is 0 Å². The highest BCUT2D eigenvalue weighted by atomic mass is 79.9. The Labute approximate surface area is 135 Å². The van der Waals surface area contributed by atoms with Gasteiger partial charge in [-0.05, 0) is 15.9 Å². The van der Waals surface area contributed by atoms with E-state index >= 15 is 0 Å². The van der Waals surface area contributed by atoms with Gasteiger partial charge in [-0.2, -0.15) is 0 Å². The normalized spacial score (nSPS) is 23.5. The van der Waals surface area contributed by atoms with Gasteiger partial charge in [0.05, 0.1) is 5.02 Å². The van der Waals surface area contributed by atoms with Crippen LogP contribution in [0.15, 0.2) is 40.9 Å². The molecule has 5 heteroatoms. The van der Waals surface area contributed by atoms with E-state index in [-0.39, 0.29) is 10.9 Å². The van der Waals surface area contributed by atoms with Crippen molar-refractivity contribution in [3.05, 3.63) is 62.8 Å². The average Bonchev–Trinajstić information content (AvgIpc) is 2.79. The third kappa shape index (κ3) is 2.00. The molecule has 2 nitrogen and oxygen atoms in total. The van der Waals surface area contributed by atoms with Gasteiger partial charge in [0, 0.05) is 27.6 Å². The molecule has 0 unspecified atom stereocenters. The maximum absolute atomic E-state index is 13.8. The topological polar surface area (TPSA) is 26.3 Å². The highest BCUT2D eigenvalue weighted by molar-refractivity contribution is 9.10. The van der Waals surface area contributed by atoms with Gasteiger partial charge in [-0.3, -0.25) is 4.79 Å². The van der Waals surface area contributed by atoms with Crippen LogP contribution in [-0.2, 0) is 10.4 Å². The average molecular weight is 370 g/mol. The number of hydrogen-bond acceptors (Lipinski definition) is 2. The molecule has 2 atom stereocenters. The number of hydrogen-bond donors (Lipinski definition) is 0. The maximum atomic E-state index is 13.8. The molecule has 3 rings (SSSR count). The predicted molar refractivity (Wildman–Crippen MR) is 82.3 cm³/mol. The van der Waals surface area contributed by atoms with Crippen LogP contribution in [0.4, 0.5) is 4.39 Å². The minimum Gasteiger partial charge on any atom is -0.474 e. The molecule has 1 aliphatic rings. The largest absolute Gasteiger partial charge is 0.474 e. The van der Waals surface area contributed by atoms with E-state index in [4.69, 9.17) is 16.3 Å². The molecule has 0 saturated carbocycles. The number of ether oxygens (including phenoxy) is 1. The van der Waals surface area contributed by atoms with Crippen LogP contribution in [-0.4, -0.2) is 6.29 Å². The summed E-state index contributed by atoms with van der Waals surface area (Å²) in [6, 6.07) is 10.4. The number of carbonyl (C=O) groups is 1. The summed E-state index contributed by atoms with van der Waals surface area (Å²) in [5, 5.41) is -0.000962. The lowest BCUT2D eigenvalue weighted by molar-refractivity contribution is -0.122. The Hall–Kier alpha value is -1.39. The molecular formula is C16H11BrClFO2. The molecule has 0 amide bonds. The number of halogens is 3. The van der Waals surface area contributed by atoms with Crippen LogP contribution in [0, 0.1) is 5.82 Å². The van der Waals surface area contributed by atoms with Gasteiger partial charge in [0.1, 0.15) is 11.6 Å². The lowest BCUT2D eigenvalue weighted by Crippen LogP contribution is -2.35. The number of aldehydes is 1. The first-order chi connectivity index (χ1) is 10.0. The first-order valence-electron chi connectivity index (χ1n) is 6.39. The summed E-state index contributed by atoms with van der Waals surface area (Å²) in [7, 11) is 0. The highest BCUT2D eigenvalue weighted by Crippen LogP contribution is 2.53. The monoisotopic (exact) mass is 368 g/mol. The van der Waals surface area contributed by atoms with Crippen molar-refractivity contribution in [1.29, 1.82) is 0 Å². The lowest BCUT2D eigenvalue weighted by atomic mass is 9.81. The molecule has 21 heavy (non-hydrogen) atoms. The smallest absolute Gasteiger partial charge is 0.195 e. The summed E-state index contributed by atoms with van der Waals surface area (Å²) in [5.74, 6) is -0.531. The van der Waals surface area contributed by atoms with Gasteiger partial charge < -0.3 is 4.74 Å². The zero-order valence-corrected chi connectivity index (χ0v) is 13.4. The van der Waals surface area contributed by atoms with E-state index in [0.29, 0.717) is 15.8 Å². The number of rotatable bonds is 2. The third-order valence-corrected chi connectivity index (χ3v) is 5.34. The molecule has 0 aromatic heterocycles. The van der Waals surface area contributed by atoms with Crippen LogP contribution >= 0.6 is 27.5 Å². The first kappa shape index (κ1) is 14.5. The van der Waals surface area contributed by atoms with Gasteiger partial charge in [0.25, 0.3) is 0 Å². The van der Waals surface area contributed by atoms with E-state index in [1.807, 2.05) is 37.3 Å². The molecule has 0 spiro atoms. The Morgan fingerprint density at radius 1 is 1.38 bits per heavy atom. The summed E-state index contributed by atoms with van der Waals surface area (Å²) < 4.78 is 20.1. The standard InChI is InChI=1S/C16H11BrClFO2/c1-9-13-12(7-11(19)15(18)14(13)17)21-16(9,8-20)10-5-3-2-4-6-10/h2-9H,1H3/t9-,16-/m0/s1. The Bertz CT molecular complexity index is 720. The second-order valence-electron chi connectivity index (χ2n) is 5.00. The predicted octanol–water partition coefficient (Wildman–Crippen LogP) is 4.83.